The largest absolute Gasteiger partial charge is 0.317 e. The molecule has 0 bridgehead atoms. The quantitative estimate of drug-likeness (QED) is 0.815. The third-order valence-electron chi connectivity index (χ3n) is 2.99. The molecule has 1 fully saturated rings. The molecule has 1 atom stereocenters. The van der Waals surface area contributed by atoms with Gasteiger partial charge >= 0.3 is 6.41 Å². The van der Waals surface area contributed by atoms with E-state index in [4.69, 9.17) is 0 Å². The normalized spacial score (nSPS) is 21.2. The van der Waals surface area contributed by atoms with Crippen molar-refractivity contribution in [1.82, 2.24) is 4.90 Å². The van der Waals surface area contributed by atoms with Crippen LogP contribution in [0.25, 0.3) is 0 Å². The van der Waals surface area contributed by atoms with E-state index in [1.165, 1.54) is 4.90 Å². The second-order valence-corrected chi connectivity index (χ2v) is 6.20. The van der Waals surface area contributed by atoms with Crippen molar-refractivity contribution < 1.29 is 13.2 Å². The van der Waals surface area contributed by atoms with Gasteiger partial charge in [-0.05, 0) is 31.4 Å². The van der Waals surface area contributed by atoms with Crippen LogP contribution in [0.1, 0.15) is 19.3 Å². The lowest BCUT2D eigenvalue weighted by molar-refractivity contribution is 0.286. The molecule has 91 valence electrons. The number of amides is 1. The lowest BCUT2D eigenvalue weighted by atomic mass is 10.1. The number of hydrogen-bond donors (Lipinski definition) is 0. The van der Waals surface area contributed by atoms with Crippen LogP contribution in [0.5, 0.6) is 0 Å². The van der Waals surface area contributed by atoms with Gasteiger partial charge in [-0.3, -0.25) is 4.79 Å². The van der Waals surface area contributed by atoms with Crippen LogP contribution in [0.15, 0.2) is 35.2 Å². The molecule has 2 rings (SSSR count). The maximum Gasteiger partial charge on any atom is 0.313 e. The minimum atomic E-state index is -3.46. The Labute approximate surface area is 101 Å². The average Bonchev–Trinajstić information content (AvgIpc) is 2.39. The molecule has 0 saturated carbocycles. The highest BCUT2D eigenvalue weighted by Gasteiger charge is 2.34. The average molecular weight is 252 g/mol. The van der Waals surface area contributed by atoms with Gasteiger partial charge in [-0.1, -0.05) is 18.2 Å². The molecular formula is C12H14NO3S. The standard InChI is InChI=1S/C12H14NO3S/c14-10-13-9-5-4-8-12(13)17(15,16)11-6-2-1-3-7-11/h1-3,6-7,12H,4-5,8-9H2. The molecule has 1 aromatic rings. The van der Waals surface area contributed by atoms with Crippen LogP contribution in [-0.4, -0.2) is 31.6 Å². The van der Waals surface area contributed by atoms with Gasteiger partial charge < -0.3 is 4.90 Å². The molecule has 1 aliphatic rings. The summed E-state index contributed by atoms with van der Waals surface area (Å²) in [6.07, 6.45) is 3.90. The minimum absolute atomic E-state index is 0.271. The molecule has 0 spiro atoms. The fourth-order valence-corrected chi connectivity index (χ4v) is 3.91. The van der Waals surface area contributed by atoms with Gasteiger partial charge in [0.1, 0.15) is 5.37 Å². The van der Waals surface area contributed by atoms with E-state index < -0.39 is 15.2 Å². The fourth-order valence-electron chi connectivity index (χ4n) is 2.10. The zero-order valence-corrected chi connectivity index (χ0v) is 10.2. The number of sulfone groups is 1. The van der Waals surface area contributed by atoms with E-state index in [0.717, 1.165) is 12.8 Å². The second kappa shape index (κ2) is 4.87. The van der Waals surface area contributed by atoms with Crippen LogP contribution in [0.3, 0.4) is 0 Å². The highest BCUT2D eigenvalue weighted by Crippen LogP contribution is 2.25. The predicted molar refractivity (Wildman–Crippen MR) is 63.7 cm³/mol. The number of hydrogen-bond acceptors (Lipinski definition) is 3. The molecule has 1 radical (unpaired) electrons. The summed E-state index contributed by atoms with van der Waals surface area (Å²) in [5.74, 6) is 0. The van der Waals surface area contributed by atoms with E-state index in [2.05, 4.69) is 0 Å². The van der Waals surface area contributed by atoms with Crippen LogP contribution in [0.4, 0.5) is 0 Å². The Kier molecular flexibility index (Phi) is 3.47. The first kappa shape index (κ1) is 12.1. The summed E-state index contributed by atoms with van der Waals surface area (Å²) in [6, 6.07) is 8.26. The summed E-state index contributed by atoms with van der Waals surface area (Å²) in [5, 5.41) is -0.754. The van der Waals surface area contributed by atoms with Gasteiger partial charge in [0.05, 0.1) is 4.90 Å². The Morgan fingerprint density at radius 2 is 1.88 bits per heavy atom. The summed E-state index contributed by atoms with van der Waals surface area (Å²) in [5.41, 5.74) is 0. The molecule has 1 aromatic carbocycles. The fraction of sp³-hybridized carbons (Fsp3) is 0.417. The van der Waals surface area contributed by atoms with Crippen molar-refractivity contribution in [2.45, 2.75) is 29.5 Å². The maximum atomic E-state index is 12.3. The van der Waals surface area contributed by atoms with Gasteiger partial charge in [0.15, 0.2) is 9.84 Å². The minimum Gasteiger partial charge on any atom is -0.317 e. The first-order valence-corrected chi connectivity index (χ1v) is 7.14. The first-order chi connectivity index (χ1) is 8.16. The van der Waals surface area contributed by atoms with Crippen LogP contribution >= 0.6 is 0 Å². The zero-order chi connectivity index (χ0) is 12.3. The van der Waals surface area contributed by atoms with Gasteiger partial charge in [-0.15, -0.1) is 0 Å². The number of rotatable bonds is 3. The molecule has 0 N–H and O–H groups in total. The Morgan fingerprint density at radius 1 is 1.18 bits per heavy atom. The molecule has 5 heteroatoms. The summed E-state index contributed by atoms with van der Waals surface area (Å²) in [7, 11) is -3.46. The molecule has 4 nitrogen and oxygen atoms in total. The van der Waals surface area contributed by atoms with Crippen molar-refractivity contribution in [1.29, 1.82) is 0 Å². The molecule has 1 saturated heterocycles. The van der Waals surface area contributed by atoms with Crippen molar-refractivity contribution in [3.05, 3.63) is 30.3 Å². The Hall–Kier alpha value is -1.36. The molecule has 1 heterocycles. The Bertz CT molecular complexity index is 484. The summed E-state index contributed by atoms with van der Waals surface area (Å²) < 4.78 is 24.7. The lowest BCUT2D eigenvalue weighted by Gasteiger charge is -2.31. The molecular weight excluding hydrogens is 238 g/mol. The Morgan fingerprint density at radius 3 is 2.53 bits per heavy atom. The van der Waals surface area contributed by atoms with E-state index in [1.807, 2.05) is 0 Å². The van der Waals surface area contributed by atoms with Gasteiger partial charge in [0.2, 0.25) is 0 Å². The summed E-state index contributed by atoms with van der Waals surface area (Å²) in [6.45, 7) is 0.472. The van der Waals surface area contributed by atoms with Crippen molar-refractivity contribution in [2.75, 3.05) is 6.54 Å². The van der Waals surface area contributed by atoms with Crippen molar-refractivity contribution in [3.8, 4) is 0 Å². The van der Waals surface area contributed by atoms with E-state index in [1.54, 1.807) is 36.7 Å². The highest BCUT2D eigenvalue weighted by molar-refractivity contribution is 7.92. The van der Waals surface area contributed by atoms with E-state index in [0.29, 0.717) is 13.0 Å². The highest BCUT2D eigenvalue weighted by atomic mass is 32.2. The third-order valence-corrected chi connectivity index (χ3v) is 5.13. The topological polar surface area (TPSA) is 54.5 Å². The third kappa shape index (κ3) is 2.34. The van der Waals surface area contributed by atoms with E-state index in [-0.39, 0.29) is 4.90 Å². The summed E-state index contributed by atoms with van der Waals surface area (Å²) >= 11 is 0. The number of likely N-dealkylation sites (tertiary alicyclic amines) is 1. The number of carbonyl (C=O) groups excluding carboxylic acids is 1. The summed E-state index contributed by atoms with van der Waals surface area (Å²) in [4.78, 5) is 12.3. The molecule has 17 heavy (non-hydrogen) atoms. The van der Waals surface area contributed by atoms with Crippen LogP contribution in [0.2, 0.25) is 0 Å². The van der Waals surface area contributed by atoms with E-state index >= 15 is 0 Å². The second-order valence-electron chi connectivity index (χ2n) is 4.09. The smallest absolute Gasteiger partial charge is 0.313 e. The van der Waals surface area contributed by atoms with Crippen LogP contribution < -0.4 is 0 Å². The molecule has 1 unspecified atom stereocenters. The number of benzene rings is 1. The number of nitrogens with zero attached hydrogens (tertiary/aromatic N) is 1. The monoisotopic (exact) mass is 252 g/mol. The predicted octanol–water partition coefficient (Wildman–Crippen LogP) is 1.34. The molecule has 0 aromatic heterocycles. The van der Waals surface area contributed by atoms with Crippen molar-refractivity contribution >= 4 is 16.2 Å². The van der Waals surface area contributed by atoms with Gasteiger partial charge in [-0.2, -0.15) is 0 Å². The Balaban J connectivity index is 2.34. The maximum absolute atomic E-state index is 12.3. The van der Waals surface area contributed by atoms with Crippen molar-refractivity contribution in [2.24, 2.45) is 0 Å². The SMILES string of the molecule is O=[C]N1CCCCC1S(=O)(=O)c1ccccc1. The molecule has 0 aliphatic carbocycles. The first-order valence-electron chi connectivity index (χ1n) is 5.59. The molecule has 1 amide bonds. The molecule has 1 aliphatic heterocycles. The van der Waals surface area contributed by atoms with Gasteiger partial charge in [0, 0.05) is 6.54 Å². The van der Waals surface area contributed by atoms with Gasteiger partial charge in [-0.25, -0.2) is 8.42 Å². The zero-order valence-electron chi connectivity index (χ0n) is 9.37. The number of piperidine rings is 1. The van der Waals surface area contributed by atoms with Gasteiger partial charge in [0.25, 0.3) is 0 Å². The van der Waals surface area contributed by atoms with Crippen LogP contribution in [0, 0.1) is 0 Å². The van der Waals surface area contributed by atoms with Crippen LogP contribution in [-0.2, 0) is 14.6 Å². The van der Waals surface area contributed by atoms with E-state index in [9.17, 15) is 13.2 Å². The lowest BCUT2D eigenvalue weighted by Crippen LogP contribution is -2.43. The van der Waals surface area contributed by atoms with Crippen molar-refractivity contribution in [3.63, 3.8) is 0 Å².